The summed E-state index contributed by atoms with van der Waals surface area (Å²) in [6.07, 6.45) is 6.82. The molecule has 2 aromatic heterocycles. The van der Waals surface area contributed by atoms with Crippen LogP contribution in [0.2, 0.25) is 0 Å². The standard InChI is InChI=1S/C28H26BrN3O2S/c1-34-21-14-8-18(9-15-21)26-24-6-4-16-31(24)27-23(22-5-2-3-7-25(22)35-27)17-32(26)28(33)30-20-12-10-19(29)11-13-20/h4,6,8-16,26H,2-3,5,7,17H2,1H3,(H,30,33). The fourth-order valence-electron chi connectivity index (χ4n) is 5.25. The lowest BCUT2D eigenvalue weighted by molar-refractivity contribution is 0.194. The van der Waals surface area contributed by atoms with Gasteiger partial charge in [0.05, 0.1) is 25.4 Å². The Balaban J connectivity index is 1.48. The summed E-state index contributed by atoms with van der Waals surface area (Å²) in [4.78, 5) is 17.4. The van der Waals surface area contributed by atoms with E-state index in [1.165, 1.54) is 33.8 Å². The number of anilines is 1. The quantitative estimate of drug-likeness (QED) is 0.292. The van der Waals surface area contributed by atoms with E-state index in [2.05, 4.69) is 56.3 Å². The number of rotatable bonds is 3. The number of benzene rings is 2. The molecule has 7 heteroatoms. The van der Waals surface area contributed by atoms with Gasteiger partial charge < -0.3 is 19.5 Å². The van der Waals surface area contributed by atoms with Crippen LogP contribution in [0.4, 0.5) is 10.5 Å². The average Bonchev–Trinajstić information content (AvgIpc) is 3.47. The molecule has 0 saturated heterocycles. The zero-order valence-electron chi connectivity index (χ0n) is 19.5. The van der Waals surface area contributed by atoms with Gasteiger partial charge in [0.25, 0.3) is 0 Å². The van der Waals surface area contributed by atoms with Crippen LogP contribution in [0.5, 0.6) is 5.75 Å². The van der Waals surface area contributed by atoms with Gasteiger partial charge in [-0.2, -0.15) is 0 Å². The molecule has 0 spiro atoms. The highest BCUT2D eigenvalue weighted by Crippen LogP contribution is 2.44. The molecular weight excluding hydrogens is 522 g/mol. The molecule has 4 aromatic rings. The monoisotopic (exact) mass is 547 g/mol. The zero-order chi connectivity index (χ0) is 23.9. The Kier molecular flexibility index (Phi) is 5.90. The molecular formula is C28H26BrN3O2S. The molecule has 1 unspecified atom stereocenters. The number of aromatic nitrogens is 1. The first-order valence-corrected chi connectivity index (χ1v) is 13.5. The van der Waals surface area contributed by atoms with E-state index in [9.17, 15) is 4.79 Å². The van der Waals surface area contributed by atoms with Crippen LogP contribution >= 0.6 is 27.3 Å². The van der Waals surface area contributed by atoms with Gasteiger partial charge in [-0.15, -0.1) is 11.3 Å². The van der Waals surface area contributed by atoms with Crippen LogP contribution in [0.25, 0.3) is 5.00 Å². The molecule has 5 nitrogen and oxygen atoms in total. The van der Waals surface area contributed by atoms with Crippen LogP contribution in [0.1, 0.15) is 46.1 Å². The lowest BCUT2D eigenvalue weighted by Crippen LogP contribution is -2.38. The van der Waals surface area contributed by atoms with Crippen molar-refractivity contribution >= 4 is 39.0 Å². The minimum absolute atomic E-state index is 0.107. The summed E-state index contributed by atoms with van der Waals surface area (Å²) in [5.41, 5.74) is 5.68. The van der Waals surface area contributed by atoms with E-state index in [0.717, 1.165) is 40.0 Å². The number of thiophene rings is 1. The van der Waals surface area contributed by atoms with Gasteiger partial charge in [-0.05, 0) is 85.3 Å². The predicted octanol–water partition coefficient (Wildman–Crippen LogP) is 7.33. The largest absolute Gasteiger partial charge is 0.497 e. The third-order valence-electron chi connectivity index (χ3n) is 6.97. The highest BCUT2D eigenvalue weighted by Gasteiger charge is 2.36. The topological polar surface area (TPSA) is 46.5 Å². The number of urea groups is 1. The van der Waals surface area contributed by atoms with E-state index in [-0.39, 0.29) is 12.1 Å². The molecule has 1 N–H and O–H groups in total. The summed E-state index contributed by atoms with van der Waals surface area (Å²) in [6, 6.07) is 19.7. The summed E-state index contributed by atoms with van der Waals surface area (Å²) < 4.78 is 8.68. The minimum Gasteiger partial charge on any atom is -0.497 e. The molecule has 6 rings (SSSR count). The zero-order valence-corrected chi connectivity index (χ0v) is 21.9. The molecule has 1 atom stereocenters. The maximum Gasteiger partial charge on any atom is 0.322 e. The Morgan fingerprint density at radius 2 is 1.80 bits per heavy atom. The van der Waals surface area contributed by atoms with Gasteiger partial charge >= 0.3 is 6.03 Å². The number of amides is 2. The molecule has 1 aliphatic heterocycles. The number of aryl methyl sites for hydroxylation is 1. The second kappa shape index (κ2) is 9.21. The number of fused-ring (bicyclic) bond motifs is 5. The summed E-state index contributed by atoms with van der Waals surface area (Å²) in [5, 5.41) is 4.41. The molecule has 0 radical (unpaired) electrons. The Morgan fingerprint density at radius 1 is 1.03 bits per heavy atom. The number of hydrogen-bond donors (Lipinski definition) is 1. The lowest BCUT2D eigenvalue weighted by Gasteiger charge is -2.31. The number of methoxy groups -OCH3 is 1. The summed E-state index contributed by atoms with van der Waals surface area (Å²) >= 11 is 5.38. The second-order valence-electron chi connectivity index (χ2n) is 9.04. The molecule has 2 aliphatic rings. The number of carbonyl (C=O) groups is 1. The first-order chi connectivity index (χ1) is 17.1. The predicted molar refractivity (Wildman–Crippen MR) is 144 cm³/mol. The normalized spacial score (nSPS) is 16.6. The molecule has 178 valence electrons. The second-order valence-corrected chi connectivity index (χ2v) is 11.0. The van der Waals surface area contributed by atoms with Gasteiger partial charge in [0.15, 0.2) is 0 Å². The van der Waals surface area contributed by atoms with E-state index < -0.39 is 0 Å². The number of nitrogens with one attached hydrogen (secondary N) is 1. The SMILES string of the molecule is COc1ccc(C2c3cccn3-c3sc4c(c3CN2C(=O)Nc2ccc(Br)cc2)CCCC4)cc1. The Hall–Kier alpha value is -3.03. The molecule has 2 aromatic carbocycles. The van der Waals surface area contributed by atoms with Crippen LogP contribution in [-0.2, 0) is 19.4 Å². The lowest BCUT2D eigenvalue weighted by atomic mass is 9.95. The van der Waals surface area contributed by atoms with Gasteiger partial charge in [-0.3, -0.25) is 0 Å². The maximum absolute atomic E-state index is 13.9. The van der Waals surface area contributed by atoms with Crippen molar-refractivity contribution in [1.82, 2.24) is 9.47 Å². The smallest absolute Gasteiger partial charge is 0.322 e. The Morgan fingerprint density at radius 3 is 2.57 bits per heavy atom. The number of halogens is 1. The van der Waals surface area contributed by atoms with E-state index >= 15 is 0 Å². The van der Waals surface area contributed by atoms with E-state index in [1.54, 1.807) is 7.11 Å². The highest BCUT2D eigenvalue weighted by molar-refractivity contribution is 9.10. The molecule has 35 heavy (non-hydrogen) atoms. The molecule has 0 fully saturated rings. The first-order valence-electron chi connectivity index (χ1n) is 11.9. The number of nitrogens with zero attached hydrogens (tertiary/aromatic N) is 2. The van der Waals surface area contributed by atoms with E-state index in [4.69, 9.17) is 4.74 Å². The van der Waals surface area contributed by atoms with E-state index in [1.807, 2.05) is 52.6 Å². The number of carbonyl (C=O) groups excluding carboxylic acids is 1. The van der Waals surface area contributed by atoms with Crippen LogP contribution in [0, 0.1) is 0 Å². The van der Waals surface area contributed by atoms with Gasteiger partial charge in [0.2, 0.25) is 0 Å². The number of hydrogen-bond acceptors (Lipinski definition) is 3. The van der Waals surface area contributed by atoms with Gasteiger partial charge in [0, 0.05) is 26.8 Å². The van der Waals surface area contributed by atoms with Crippen molar-refractivity contribution in [2.75, 3.05) is 12.4 Å². The fraction of sp³-hybridized carbons (Fsp3) is 0.250. The Bertz CT molecular complexity index is 1370. The van der Waals surface area contributed by atoms with Crippen molar-refractivity contribution in [3.05, 3.63) is 98.6 Å². The van der Waals surface area contributed by atoms with Crippen LogP contribution in [0.3, 0.4) is 0 Å². The molecule has 0 saturated carbocycles. The van der Waals surface area contributed by atoms with Crippen molar-refractivity contribution < 1.29 is 9.53 Å². The van der Waals surface area contributed by atoms with E-state index in [0.29, 0.717) is 6.54 Å². The highest BCUT2D eigenvalue weighted by atomic mass is 79.9. The summed E-state index contributed by atoms with van der Waals surface area (Å²) in [5.74, 6) is 0.803. The summed E-state index contributed by atoms with van der Waals surface area (Å²) in [6.45, 7) is 0.571. The molecule has 1 aliphatic carbocycles. The van der Waals surface area contributed by atoms with Gasteiger partial charge in [0.1, 0.15) is 10.8 Å². The van der Waals surface area contributed by atoms with Crippen molar-refractivity contribution in [2.24, 2.45) is 0 Å². The van der Waals surface area contributed by atoms with Gasteiger partial charge in [-0.25, -0.2) is 4.79 Å². The van der Waals surface area contributed by atoms with Crippen molar-refractivity contribution in [3.63, 3.8) is 0 Å². The average molecular weight is 549 g/mol. The fourth-order valence-corrected chi connectivity index (χ4v) is 6.92. The van der Waals surface area contributed by atoms with Gasteiger partial charge in [-0.1, -0.05) is 28.1 Å². The van der Waals surface area contributed by atoms with Crippen molar-refractivity contribution in [2.45, 2.75) is 38.3 Å². The van der Waals surface area contributed by atoms with Crippen LogP contribution in [-0.4, -0.2) is 22.6 Å². The molecule has 0 bridgehead atoms. The Labute approximate surface area is 217 Å². The van der Waals surface area contributed by atoms with Crippen LogP contribution in [0.15, 0.2) is 71.3 Å². The minimum atomic E-state index is -0.231. The van der Waals surface area contributed by atoms with Crippen molar-refractivity contribution in [1.29, 1.82) is 0 Å². The molecule has 3 heterocycles. The maximum atomic E-state index is 13.9. The molecule has 2 amide bonds. The first kappa shape index (κ1) is 22.4. The van der Waals surface area contributed by atoms with Crippen molar-refractivity contribution in [3.8, 4) is 10.8 Å². The summed E-state index contributed by atoms with van der Waals surface area (Å²) in [7, 11) is 1.67. The number of ether oxygens (including phenoxy) is 1. The third-order valence-corrected chi connectivity index (χ3v) is 8.83. The third kappa shape index (κ3) is 4.06. The van der Waals surface area contributed by atoms with Crippen LogP contribution < -0.4 is 10.1 Å².